The first-order valence-corrected chi connectivity index (χ1v) is 11.6. The minimum absolute atomic E-state index is 0.0757. The normalized spacial score (nSPS) is 20.4. The van der Waals surface area contributed by atoms with Crippen molar-refractivity contribution in [3.63, 3.8) is 0 Å². The quantitative estimate of drug-likeness (QED) is 0.344. The second-order valence-electron chi connectivity index (χ2n) is 8.96. The van der Waals surface area contributed by atoms with E-state index in [0.717, 1.165) is 48.1 Å². The molecule has 1 fully saturated rings. The first-order valence-electron chi connectivity index (χ1n) is 11.6. The molecular formula is C27H40N2O. The van der Waals surface area contributed by atoms with Gasteiger partial charge in [0.05, 0.1) is 5.70 Å². The molecule has 1 N–H and O–H groups in total. The molecule has 0 atom stereocenters. The number of nitrogens with one attached hydrogen (secondary N) is 1. The molecule has 0 radical (unpaired) electrons. The molecule has 3 heteroatoms. The van der Waals surface area contributed by atoms with E-state index in [1.54, 1.807) is 0 Å². The van der Waals surface area contributed by atoms with Crippen molar-refractivity contribution >= 4 is 11.6 Å². The smallest absolute Gasteiger partial charge is 0.258 e. The predicted octanol–water partition coefficient (Wildman–Crippen LogP) is 7.49. The Bertz CT molecular complexity index is 857. The molecule has 0 aromatic carbocycles. The molecular weight excluding hydrogens is 368 g/mol. The molecule has 1 aliphatic heterocycles. The summed E-state index contributed by atoms with van der Waals surface area (Å²) < 4.78 is 0. The maximum absolute atomic E-state index is 13.6. The van der Waals surface area contributed by atoms with E-state index in [1.807, 2.05) is 31.0 Å². The van der Waals surface area contributed by atoms with Gasteiger partial charge in [0, 0.05) is 23.1 Å². The average Bonchev–Trinajstić information content (AvgIpc) is 2.66. The highest BCUT2D eigenvalue weighted by Crippen LogP contribution is 2.45. The van der Waals surface area contributed by atoms with Crippen LogP contribution in [0.15, 0.2) is 57.5 Å². The minimum atomic E-state index is 0.0757. The van der Waals surface area contributed by atoms with Crippen LogP contribution in [0.4, 0.5) is 0 Å². The van der Waals surface area contributed by atoms with Crippen molar-refractivity contribution in [1.82, 2.24) is 4.90 Å². The van der Waals surface area contributed by atoms with Gasteiger partial charge < -0.3 is 5.41 Å². The summed E-state index contributed by atoms with van der Waals surface area (Å²) in [6.07, 6.45) is 11.4. The molecule has 1 saturated carbocycles. The van der Waals surface area contributed by atoms with Gasteiger partial charge in [0.15, 0.2) is 0 Å². The number of hydrogen-bond donors (Lipinski definition) is 1. The van der Waals surface area contributed by atoms with Gasteiger partial charge in [-0.2, -0.15) is 0 Å². The molecule has 0 bridgehead atoms. The van der Waals surface area contributed by atoms with Crippen LogP contribution in [0.3, 0.4) is 0 Å². The van der Waals surface area contributed by atoms with Gasteiger partial charge in [-0.05, 0) is 88.0 Å². The molecule has 0 aromatic heterocycles. The summed E-state index contributed by atoms with van der Waals surface area (Å²) in [5.74, 6) is 0.717. The molecule has 2 rings (SSSR count). The van der Waals surface area contributed by atoms with Crippen LogP contribution in [-0.4, -0.2) is 16.5 Å². The molecule has 3 nitrogen and oxygen atoms in total. The summed E-state index contributed by atoms with van der Waals surface area (Å²) >= 11 is 0. The predicted molar refractivity (Wildman–Crippen MR) is 128 cm³/mol. The van der Waals surface area contributed by atoms with Crippen molar-refractivity contribution < 1.29 is 4.79 Å². The topological polar surface area (TPSA) is 44.2 Å². The molecule has 0 unspecified atom stereocenters. The fraction of sp³-hybridized carbons (Fsp3) is 0.556. The van der Waals surface area contributed by atoms with Crippen molar-refractivity contribution in [2.45, 2.75) is 87.5 Å². The lowest BCUT2D eigenvalue weighted by Gasteiger charge is -2.39. The Morgan fingerprint density at radius 1 is 1.20 bits per heavy atom. The highest BCUT2D eigenvalue weighted by atomic mass is 16.2. The first kappa shape index (κ1) is 24.1. The van der Waals surface area contributed by atoms with Gasteiger partial charge in [0.1, 0.15) is 0 Å². The second-order valence-corrected chi connectivity index (χ2v) is 8.96. The van der Waals surface area contributed by atoms with E-state index in [1.165, 1.54) is 23.1 Å². The summed E-state index contributed by atoms with van der Waals surface area (Å²) in [5, 5.41) is 8.50. The standard InChI is InChI=1S/C27H40N2O/c1-9-18(6)24(20(8)28)23-15-16-29(27(30)22(11-3)17(4)5)26(19(7)10-2)25(23)21-13-12-14-21/h11,15-17,21,28H,9-10,12-14H2,1-8H3/b22-11-,24-18+,26-19-,28-20?. The Hall–Kier alpha value is -2.16. The number of carbonyl (C=O) groups is 1. The van der Waals surface area contributed by atoms with E-state index in [2.05, 4.69) is 47.6 Å². The fourth-order valence-electron chi connectivity index (χ4n) is 4.44. The van der Waals surface area contributed by atoms with Gasteiger partial charge in [0.2, 0.25) is 0 Å². The Kier molecular flexibility index (Phi) is 8.23. The van der Waals surface area contributed by atoms with Crippen LogP contribution in [-0.2, 0) is 4.79 Å². The van der Waals surface area contributed by atoms with Gasteiger partial charge in [0.25, 0.3) is 5.91 Å². The minimum Gasteiger partial charge on any atom is -0.305 e. The van der Waals surface area contributed by atoms with Crippen LogP contribution in [0.25, 0.3) is 0 Å². The van der Waals surface area contributed by atoms with Crippen molar-refractivity contribution in [1.29, 1.82) is 5.41 Å². The number of hydrogen-bond acceptors (Lipinski definition) is 2. The largest absolute Gasteiger partial charge is 0.305 e. The third kappa shape index (κ3) is 4.61. The first-order chi connectivity index (χ1) is 14.2. The monoisotopic (exact) mass is 408 g/mol. The zero-order valence-electron chi connectivity index (χ0n) is 20.3. The summed E-state index contributed by atoms with van der Waals surface area (Å²) in [6.45, 7) is 16.6. The maximum Gasteiger partial charge on any atom is 0.258 e. The molecule has 1 aliphatic carbocycles. The van der Waals surface area contributed by atoms with Crippen LogP contribution in [0.1, 0.15) is 87.5 Å². The van der Waals surface area contributed by atoms with Gasteiger partial charge in [-0.25, -0.2) is 0 Å². The Morgan fingerprint density at radius 2 is 1.83 bits per heavy atom. The zero-order chi connectivity index (χ0) is 22.6. The lowest BCUT2D eigenvalue weighted by atomic mass is 9.72. The highest BCUT2D eigenvalue weighted by molar-refractivity contribution is 6.03. The average molecular weight is 409 g/mol. The number of nitrogens with zero attached hydrogens (tertiary/aromatic N) is 1. The Balaban J connectivity index is 2.79. The second kappa shape index (κ2) is 10.2. The van der Waals surface area contributed by atoms with Gasteiger partial charge in [-0.1, -0.05) is 45.8 Å². The van der Waals surface area contributed by atoms with Crippen LogP contribution >= 0.6 is 0 Å². The van der Waals surface area contributed by atoms with Gasteiger partial charge in [-0.15, -0.1) is 0 Å². The molecule has 0 saturated heterocycles. The summed E-state index contributed by atoms with van der Waals surface area (Å²) in [4.78, 5) is 15.5. The van der Waals surface area contributed by atoms with E-state index >= 15 is 0 Å². The molecule has 1 amide bonds. The van der Waals surface area contributed by atoms with Crippen molar-refractivity contribution in [3.05, 3.63) is 57.5 Å². The van der Waals surface area contributed by atoms with Crippen LogP contribution in [0, 0.1) is 17.2 Å². The van der Waals surface area contributed by atoms with Gasteiger partial charge >= 0.3 is 0 Å². The molecule has 1 heterocycles. The van der Waals surface area contributed by atoms with Crippen LogP contribution in [0.5, 0.6) is 0 Å². The number of amides is 1. The molecule has 164 valence electrons. The lowest BCUT2D eigenvalue weighted by molar-refractivity contribution is -0.123. The van der Waals surface area contributed by atoms with E-state index in [0.29, 0.717) is 11.6 Å². The fourth-order valence-corrected chi connectivity index (χ4v) is 4.44. The summed E-state index contributed by atoms with van der Waals surface area (Å²) in [6, 6.07) is 0. The molecule has 30 heavy (non-hydrogen) atoms. The lowest BCUT2D eigenvalue weighted by Crippen LogP contribution is -2.35. The summed E-state index contributed by atoms with van der Waals surface area (Å²) in [5.41, 5.74) is 8.50. The number of carbonyl (C=O) groups excluding carboxylic acids is 1. The SMILES string of the molecule is C/C=C(\C(=O)N1C=CC(C(/C(C)=N)=C(\C)CC)=C(C2CCC2)/C1=C(\C)CC)C(C)C. The third-order valence-electron chi connectivity index (χ3n) is 6.62. The van der Waals surface area contributed by atoms with Crippen molar-refractivity contribution in [2.24, 2.45) is 11.8 Å². The number of allylic oxidation sites excluding steroid dienone is 7. The third-order valence-corrected chi connectivity index (χ3v) is 6.62. The van der Waals surface area contributed by atoms with E-state index in [-0.39, 0.29) is 11.8 Å². The zero-order valence-corrected chi connectivity index (χ0v) is 20.3. The highest BCUT2D eigenvalue weighted by Gasteiger charge is 2.35. The Labute approximate surface area is 183 Å². The van der Waals surface area contributed by atoms with E-state index in [4.69, 9.17) is 5.41 Å². The Morgan fingerprint density at radius 3 is 2.23 bits per heavy atom. The van der Waals surface area contributed by atoms with Crippen LogP contribution < -0.4 is 0 Å². The van der Waals surface area contributed by atoms with E-state index in [9.17, 15) is 4.79 Å². The number of rotatable bonds is 7. The molecule has 0 aromatic rings. The van der Waals surface area contributed by atoms with E-state index < -0.39 is 0 Å². The maximum atomic E-state index is 13.6. The molecule has 2 aliphatic rings. The molecule has 0 spiro atoms. The van der Waals surface area contributed by atoms with Crippen molar-refractivity contribution in [2.75, 3.05) is 0 Å². The van der Waals surface area contributed by atoms with Gasteiger partial charge in [-0.3, -0.25) is 9.69 Å². The summed E-state index contributed by atoms with van der Waals surface area (Å²) in [7, 11) is 0. The van der Waals surface area contributed by atoms with Crippen molar-refractivity contribution in [3.8, 4) is 0 Å². The van der Waals surface area contributed by atoms with Crippen LogP contribution in [0.2, 0.25) is 0 Å².